The molecular weight excluding hydrogens is 236 g/mol. The number of benzene rings is 1. The van der Waals surface area contributed by atoms with Gasteiger partial charge in [-0.15, -0.1) is 0 Å². The van der Waals surface area contributed by atoms with E-state index in [0.29, 0.717) is 6.54 Å². The summed E-state index contributed by atoms with van der Waals surface area (Å²) in [5.41, 5.74) is 3.91. The first kappa shape index (κ1) is 14.4. The first-order valence-electron chi connectivity index (χ1n) is 7.43. The molecule has 1 aromatic carbocycles. The van der Waals surface area contributed by atoms with Crippen LogP contribution in [0.25, 0.3) is 0 Å². The maximum atomic E-state index is 9.17. The number of aliphatic hydroxyl groups is 1. The summed E-state index contributed by atoms with van der Waals surface area (Å²) in [6.07, 6.45) is 3.76. The van der Waals surface area contributed by atoms with Crippen LogP contribution in [-0.4, -0.2) is 30.8 Å². The third-order valence-electron chi connectivity index (χ3n) is 3.64. The average molecular weight is 262 g/mol. The van der Waals surface area contributed by atoms with Crippen LogP contribution in [0.4, 0.5) is 5.69 Å². The second kappa shape index (κ2) is 6.92. The standard InChI is InChI=1S/C16H26N2O/c1-3-8-18(9-10-19)16-7-4-14(11-13(16)2)12-17-15-5-6-15/h4,7,11,15,17,19H,3,5-6,8-10,12H2,1-2H3. The molecule has 0 aromatic heterocycles. The van der Waals surface area contributed by atoms with Crippen LogP contribution in [0, 0.1) is 6.92 Å². The fraction of sp³-hybridized carbons (Fsp3) is 0.625. The van der Waals surface area contributed by atoms with Gasteiger partial charge in [0.05, 0.1) is 6.61 Å². The minimum absolute atomic E-state index is 0.213. The number of hydrogen-bond donors (Lipinski definition) is 2. The molecule has 1 saturated carbocycles. The highest BCUT2D eigenvalue weighted by atomic mass is 16.3. The fourth-order valence-electron chi connectivity index (χ4n) is 2.48. The molecule has 0 heterocycles. The van der Waals surface area contributed by atoms with Crippen molar-refractivity contribution >= 4 is 5.69 Å². The quantitative estimate of drug-likeness (QED) is 0.755. The van der Waals surface area contributed by atoms with Crippen molar-refractivity contribution in [2.75, 3.05) is 24.6 Å². The van der Waals surface area contributed by atoms with Crippen LogP contribution in [0.3, 0.4) is 0 Å². The van der Waals surface area contributed by atoms with E-state index in [1.54, 1.807) is 0 Å². The van der Waals surface area contributed by atoms with Crippen molar-refractivity contribution < 1.29 is 5.11 Å². The Hall–Kier alpha value is -1.06. The molecule has 0 unspecified atom stereocenters. The van der Waals surface area contributed by atoms with E-state index in [1.807, 2.05) is 0 Å². The summed E-state index contributed by atoms with van der Waals surface area (Å²) in [6.45, 7) is 7.24. The molecule has 0 radical (unpaired) electrons. The molecule has 1 fully saturated rings. The van der Waals surface area contributed by atoms with Gasteiger partial charge in [0.2, 0.25) is 0 Å². The van der Waals surface area contributed by atoms with Gasteiger partial charge >= 0.3 is 0 Å². The summed E-state index contributed by atoms with van der Waals surface area (Å²) in [5, 5.41) is 12.7. The summed E-state index contributed by atoms with van der Waals surface area (Å²) < 4.78 is 0. The molecule has 19 heavy (non-hydrogen) atoms. The largest absolute Gasteiger partial charge is 0.395 e. The number of anilines is 1. The number of nitrogens with zero attached hydrogens (tertiary/aromatic N) is 1. The van der Waals surface area contributed by atoms with E-state index in [2.05, 4.69) is 42.3 Å². The zero-order chi connectivity index (χ0) is 13.7. The molecule has 0 saturated heterocycles. The highest BCUT2D eigenvalue weighted by Gasteiger charge is 2.20. The van der Waals surface area contributed by atoms with Gasteiger partial charge in [0, 0.05) is 31.4 Å². The van der Waals surface area contributed by atoms with Gasteiger partial charge in [-0.05, 0) is 43.4 Å². The first-order chi connectivity index (χ1) is 9.24. The van der Waals surface area contributed by atoms with E-state index in [1.165, 1.54) is 29.7 Å². The van der Waals surface area contributed by atoms with Crippen molar-refractivity contribution in [3.8, 4) is 0 Å². The van der Waals surface area contributed by atoms with Crippen LogP contribution in [0.5, 0.6) is 0 Å². The topological polar surface area (TPSA) is 35.5 Å². The number of nitrogens with one attached hydrogen (secondary N) is 1. The summed E-state index contributed by atoms with van der Waals surface area (Å²) in [4.78, 5) is 2.27. The molecule has 0 amide bonds. The van der Waals surface area contributed by atoms with Crippen molar-refractivity contribution in [3.05, 3.63) is 29.3 Å². The Kier molecular flexibility index (Phi) is 5.23. The number of rotatable bonds is 8. The predicted octanol–water partition coefficient (Wildman–Crippen LogP) is 2.46. The zero-order valence-electron chi connectivity index (χ0n) is 12.2. The SMILES string of the molecule is CCCN(CCO)c1ccc(CNC2CC2)cc1C. The lowest BCUT2D eigenvalue weighted by molar-refractivity contribution is 0.302. The van der Waals surface area contributed by atoms with Crippen molar-refractivity contribution in [1.82, 2.24) is 5.32 Å². The second-order valence-corrected chi connectivity index (χ2v) is 5.49. The molecule has 1 aromatic rings. The van der Waals surface area contributed by atoms with E-state index in [0.717, 1.165) is 25.6 Å². The molecular formula is C16H26N2O. The Balaban J connectivity index is 2.02. The third kappa shape index (κ3) is 4.22. The van der Waals surface area contributed by atoms with Crippen LogP contribution in [0.1, 0.15) is 37.3 Å². The molecule has 2 N–H and O–H groups in total. The van der Waals surface area contributed by atoms with Gasteiger partial charge < -0.3 is 15.3 Å². The Labute approximate surface area is 116 Å². The van der Waals surface area contributed by atoms with Crippen LogP contribution < -0.4 is 10.2 Å². The molecule has 0 atom stereocenters. The Bertz CT molecular complexity index is 396. The van der Waals surface area contributed by atoms with Gasteiger partial charge in [-0.1, -0.05) is 19.1 Å². The van der Waals surface area contributed by atoms with E-state index in [4.69, 9.17) is 0 Å². The summed E-state index contributed by atoms with van der Waals surface area (Å²) >= 11 is 0. The van der Waals surface area contributed by atoms with E-state index >= 15 is 0 Å². The van der Waals surface area contributed by atoms with Gasteiger partial charge in [0.15, 0.2) is 0 Å². The zero-order valence-corrected chi connectivity index (χ0v) is 12.2. The number of hydrogen-bond acceptors (Lipinski definition) is 3. The molecule has 1 aliphatic rings. The number of aryl methyl sites for hydroxylation is 1. The van der Waals surface area contributed by atoms with E-state index < -0.39 is 0 Å². The fourth-order valence-corrected chi connectivity index (χ4v) is 2.48. The van der Waals surface area contributed by atoms with Gasteiger partial charge in [0.1, 0.15) is 0 Å². The molecule has 1 aliphatic carbocycles. The van der Waals surface area contributed by atoms with Crippen molar-refractivity contribution in [1.29, 1.82) is 0 Å². The molecule has 0 bridgehead atoms. The van der Waals surface area contributed by atoms with Crippen LogP contribution in [-0.2, 0) is 6.54 Å². The second-order valence-electron chi connectivity index (χ2n) is 5.49. The lowest BCUT2D eigenvalue weighted by atomic mass is 10.1. The summed E-state index contributed by atoms with van der Waals surface area (Å²) in [5.74, 6) is 0. The molecule has 0 aliphatic heterocycles. The van der Waals surface area contributed by atoms with Crippen LogP contribution in [0.15, 0.2) is 18.2 Å². The van der Waals surface area contributed by atoms with Crippen molar-refractivity contribution in [3.63, 3.8) is 0 Å². The molecule has 3 nitrogen and oxygen atoms in total. The lowest BCUT2D eigenvalue weighted by Gasteiger charge is -2.25. The minimum Gasteiger partial charge on any atom is -0.395 e. The lowest BCUT2D eigenvalue weighted by Crippen LogP contribution is -2.28. The normalized spacial score (nSPS) is 14.7. The van der Waals surface area contributed by atoms with Crippen LogP contribution >= 0.6 is 0 Å². The highest BCUT2D eigenvalue weighted by molar-refractivity contribution is 5.54. The molecule has 3 heteroatoms. The van der Waals surface area contributed by atoms with Gasteiger partial charge in [-0.3, -0.25) is 0 Å². The predicted molar refractivity (Wildman–Crippen MR) is 80.6 cm³/mol. The molecule has 106 valence electrons. The van der Waals surface area contributed by atoms with Gasteiger partial charge in [0.25, 0.3) is 0 Å². The summed E-state index contributed by atoms with van der Waals surface area (Å²) in [6, 6.07) is 7.43. The summed E-state index contributed by atoms with van der Waals surface area (Å²) in [7, 11) is 0. The first-order valence-corrected chi connectivity index (χ1v) is 7.43. The smallest absolute Gasteiger partial charge is 0.0606 e. The molecule has 2 rings (SSSR count). The van der Waals surface area contributed by atoms with E-state index in [9.17, 15) is 5.11 Å². The van der Waals surface area contributed by atoms with Crippen molar-refractivity contribution in [2.45, 2.75) is 45.7 Å². The van der Waals surface area contributed by atoms with E-state index in [-0.39, 0.29) is 6.61 Å². The Morgan fingerprint density at radius 2 is 2.11 bits per heavy atom. The maximum Gasteiger partial charge on any atom is 0.0606 e. The van der Waals surface area contributed by atoms with Gasteiger partial charge in [-0.25, -0.2) is 0 Å². The Morgan fingerprint density at radius 3 is 2.68 bits per heavy atom. The maximum absolute atomic E-state index is 9.17. The van der Waals surface area contributed by atoms with Crippen LogP contribution in [0.2, 0.25) is 0 Å². The number of aliphatic hydroxyl groups excluding tert-OH is 1. The molecule has 0 spiro atoms. The average Bonchev–Trinajstić information content (AvgIpc) is 3.20. The Morgan fingerprint density at radius 1 is 1.32 bits per heavy atom. The minimum atomic E-state index is 0.213. The van der Waals surface area contributed by atoms with Crippen molar-refractivity contribution in [2.24, 2.45) is 0 Å². The monoisotopic (exact) mass is 262 g/mol. The third-order valence-corrected chi connectivity index (χ3v) is 3.64. The highest BCUT2D eigenvalue weighted by Crippen LogP contribution is 2.23. The van der Waals surface area contributed by atoms with Gasteiger partial charge in [-0.2, -0.15) is 0 Å².